The van der Waals surface area contributed by atoms with Crippen LogP contribution in [0.1, 0.15) is 45.6 Å². The molecule has 1 saturated heterocycles. The second-order valence-corrected chi connectivity index (χ2v) is 6.89. The Hall–Kier alpha value is -3.40. The van der Waals surface area contributed by atoms with Crippen LogP contribution < -0.4 is 15.4 Å². The van der Waals surface area contributed by atoms with Crippen molar-refractivity contribution in [3.63, 3.8) is 0 Å². The Morgan fingerprint density at radius 1 is 1.03 bits per heavy atom. The van der Waals surface area contributed by atoms with Crippen LogP contribution in [0.15, 0.2) is 30.8 Å². The number of hydrogen-bond donors (Lipinski definition) is 2. The molecule has 0 saturated carbocycles. The van der Waals surface area contributed by atoms with Gasteiger partial charge in [-0.15, -0.1) is 0 Å². The molecule has 0 unspecified atom stereocenters. The number of amides is 2. The van der Waals surface area contributed by atoms with Crippen molar-refractivity contribution in [2.75, 3.05) is 39.5 Å². The molecule has 0 aliphatic carbocycles. The molecule has 196 valence electrons. The van der Waals surface area contributed by atoms with E-state index in [1.54, 1.807) is 13.8 Å². The van der Waals surface area contributed by atoms with Crippen molar-refractivity contribution < 1.29 is 38.1 Å². The lowest BCUT2D eigenvalue weighted by Gasteiger charge is -2.01. The molecule has 10 heteroatoms. The number of epoxide rings is 1. The maximum Gasteiger partial charge on any atom is 0.325 e. The van der Waals surface area contributed by atoms with E-state index in [4.69, 9.17) is 14.2 Å². The molecule has 1 heterocycles. The highest BCUT2D eigenvalue weighted by atomic mass is 16.6. The fourth-order valence-electron chi connectivity index (χ4n) is 2.34. The summed E-state index contributed by atoms with van der Waals surface area (Å²) in [4.78, 5) is 42.1. The van der Waals surface area contributed by atoms with Crippen molar-refractivity contribution in [1.82, 2.24) is 10.6 Å². The van der Waals surface area contributed by atoms with Gasteiger partial charge in [0.15, 0.2) is 6.10 Å². The lowest BCUT2D eigenvalue weighted by Crippen LogP contribution is -2.33. The number of nitrogens with one attached hydrogen (secondary N) is 2. The Morgan fingerprint density at radius 2 is 1.66 bits per heavy atom. The van der Waals surface area contributed by atoms with Crippen LogP contribution in [0.3, 0.4) is 0 Å². The zero-order valence-electron chi connectivity index (χ0n) is 20.9. The minimum absolute atomic E-state index is 0.0769. The highest BCUT2D eigenvalue weighted by Gasteiger charge is 2.31. The van der Waals surface area contributed by atoms with E-state index in [1.807, 2.05) is 37.3 Å². The number of rotatable bonds is 14. The molecule has 0 bridgehead atoms. The second kappa shape index (κ2) is 21.2. The number of benzene rings is 1. The second-order valence-electron chi connectivity index (χ2n) is 6.89. The molecule has 35 heavy (non-hydrogen) atoms. The molecular formula is C25H38N2O8. The predicted molar refractivity (Wildman–Crippen MR) is 132 cm³/mol. The van der Waals surface area contributed by atoms with Gasteiger partial charge < -0.3 is 29.6 Å². The van der Waals surface area contributed by atoms with E-state index in [1.165, 1.54) is 0 Å². The molecule has 2 rings (SSSR count). The smallest absolute Gasteiger partial charge is 0.325 e. The van der Waals surface area contributed by atoms with E-state index in [0.717, 1.165) is 24.2 Å². The molecule has 0 aromatic heterocycles. The van der Waals surface area contributed by atoms with Gasteiger partial charge in [-0.05, 0) is 51.3 Å². The molecule has 1 fully saturated rings. The first kappa shape index (κ1) is 31.6. The van der Waals surface area contributed by atoms with Gasteiger partial charge in [0, 0.05) is 13.0 Å². The highest BCUT2D eigenvalue weighted by molar-refractivity contribution is 5.86. The maximum absolute atomic E-state index is 10.9. The third kappa shape index (κ3) is 18.7. The molecule has 1 aromatic carbocycles. The van der Waals surface area contributed by atoms with Gasteiger partial charge >= 0.3 is 11.9 Å². The van der Waals surface area contributed by atoms with Crippen molar-refractivity contribution in [2.24, 2.45) is 0 Å². The Labute approximate surface area is 207 Å². The Kier molecular flexibility index (Phi) is 19.1. The summed E-state index contributed by atoms with van der Waals surface area (Å²) in [5.74, 6) is 0.0799. The van der Waals surface area contributed by atoms with Crippen molar-refractivity contribution in [2.45, 2.75) is 46.1 Å². The van der Waals surface area contributed by atoms with Crippen molar-refractivity contribution in [3.05, 3.63) is 36.4 Å². The zero-order valence-corrected chi connectivity index (χ0v) is 20.9. The SMILES string of the molecule is C=Cc1ccc(OCC)cc1.CCOC(=O)CCCCNC=O.CCOC(=O)CNC(=O)[C@@H]1CO1. The molecule has 1 aliphatic heterocycles. The third-order valence-electron chi connectivity index (χ3n) is 4.11. The summed E-state index contributed by atoms with van der Waals surface area (Å²) in [5.41, 5.74) is 1.12. The normalized spacial score (nSPS) is 12.8. The summed E-state index contributed by atoms with van der Waals surface area (Å²) in [6, 6.07) is 7.86. The van der Waals surface area contributed by atoms with Gasteiger partial charge in [-0.3, -0.25) is 19.2 Å². The first-order valence-electron chi connectivity index (χ1n) is 11.6. The van der Waals surface area contributed by atoms with E-state index >= 15 is 0 Å². The van der Waals surface area contributed by atoms with Crippen molar-refractivity contribution in [1.29, 1.82) is 0 Å². The molecule has 1 aliphatic rings. The highest BCUT2D eigenvalue weighted by Crippen LogP contribution is 2.12. The topological polar surface area (TPSA) is 133 Å². The number of ether oxygens (including phenoxy) is 4. The van der Waals surface area contributed by atoms with Gasteiger partial charge in [-0.1, -0.05) is 24.8 Å². The van der Waals surface area contributed by atoms with Crippen LogP contribution in [0.4, 0.5) is 0 Å². The zero-order chi connectivity index (χ0) is 26.3. The minimum Gasteiger partial charge on any atom is -0.494 e. The average Bonchev–Trinajstić information content (AvgIpc) is 3.70. The summed E-state index contributed by atoms with van der Waals surface area (Å²) < 4.78 is 19.3. The van der Waals surface area contributed by atoms with E-state index in [2.05, 4.69) is 21.9 Å². The maximum atomic E-state index is 10.9. The largest absolute Gasteiger partial charge is 0.494 e. The predicted octanol–water partition coefficient (Wildman–Crippen LogP) is 2.26. The standard InChI is InChI=1S/C10H12O.C8H15NO3.C7H11NO4/c1-3-9-5-7-10(8-6-9)11-4-2;1-2-12-8(11)5-3-4-6-9-7-10;1-2-11-6(9)3-8-7(10)5-4-12-5/h3,5-8H,1,4H2,2H3;7H,2-6H2,1H3,(H,9,10);5H,2-4H2,1H3,(H,8,10)/t;;5-/m..0/s1. The summed E-state index contributed by atoms with van der Waals surface area (Å²) in [6.45, 7) is 11.6. The molecule has 2 amide bonds. The van der Waals surface area contributed by atoms with Crippen LogP contribution in [-0.4, -0.2) is 69.9 Å². The number of carbonyl (C=O) groups is 4. The van der Waals surface area contributed by atoms with Gasteiger partial charge in [0.1, 0.15) is 12.3 Å². The number of unbranched alkanes of at least 4 members (excludes halogenated alkanes) is 1. The Bertz CT molecular complexity index is 748. The summed E-state index contributed by atoms with van der Waals surface area (Å²) >= 11 is 0. The summed E-state index contributed by atoms with van der Waals surface area (Å²) in [5, 5.41) is 4.91. The van der Waals surface area contributed by atoms with E-state index in [9.17, 15) is 19.2 Å². The molecule has 1 aromatic rings. The number of hydrogen-bond acceptors (Lipinski definition) is 8. The Balaban J connectivity index is 0.000000496. The van der Waals surface area contributed by atoms with Crippen molar-refractivity contribution in [3.8, 4) is 5.75 Å². The summed E-state index contributed by atoms with van der Waals surface area (Å²) in [6.07, 6.45) is 4.14. The minimum atomic E-state index is -0.425. The fraction of sp³-hybridized carbons (Fsp3) is 0.520. The number of carbonyl (C=O) groups excluding carboxylic acids is 4. The average molecular weight is 495 g/mol. The molecule has 2 N–H and O–H groups in total. The lowest BCUT2D eigenvalue weighted by atomic mass is 10.2. The van der Waals surface area contributed by atoms with Crippen LogP contribution in [0, 0.1) is 0 Å². The quantitative estimate of drug-likeness (QED) is 0.174. The van der Waals surface area contributed by atoms with Gasteiger partial charge in [-0.2, -0.15) is 0 Å². The van der Waals surface area contributed by atoms with Crippen LogP contribution in [-0.2, 0) is 33.4 Å². The third-order valence-corrected chi connectivity index (χ3v) is 4.11. The van der Waals surface area contributed by atoms with Gasteiger partial charge in [0.2, 0.25) is 6.41 Å². The van der Waals surface area contributed by atoms with Crippen LogP contribution >= 0.6 is 0 Å². The molecular weight excluding hydrogens is 456 g/mol. The van der Waals surface area contributed by atoms with Gasteiger partial charge in [0.05, 0.1) is 26.4 Å². The van der Waals surface area contributed by atoms with Gasteiger partial charge in [-0.25, -0.2) is 0 Å². The van der Waals surface area contributed by atoms with E-state index in [0.29, 0.717) is 45.8 Å². The molecule has 10 nitrogen and oxygen atoms in total. The first-order valence-corrected chi connectivity index (χ1v) is 11.6. The Morgan fingerprint density at radius 3 is 2.17 bits per heavy atom. The number of esters is 2. The van der Waals surface area contributed by atoms with E-state index < -0.39 is 5.97 Å². The monoisotopic (exact) mass is 494 g/mol. The van der Waals surface area contributed by atoms with Gasteiger partial charge in [0.25, 0.3) is 5.91 Å². The first-order chi connectivity index (χ1) is 16.9. The van der Waals surface area contributed by atoms with E-state index in [-0.39, 0.29) is 24.5 Å². The van der Waals surface area contributed by atoms with Crippen LogP contribution in [0.25, 0.3) is 6.08 Å². The van der Waals surface area contributed by atoms with Crippen LogP contribution in [0.2, 0.25) is 0 Å². The lowest BCUT2D eigenvalue weighted by molar-refractivity contribution is -0.144. The van der Waals surface area contributed by atoms with Crippen LogP contribution in [0.5, 0.6) is 5.75 Å². The molecule has 0 radical (unpaired) electrons. The van der Waals surface area contributed by atoms with Crippen molar-refractivity contribution >= 4 is 30.3 Å². The summed E-state index contributed by atoms with van der Waals surface area (Å²) in [7, 11) is 0. The molecule has 0 spiro atoms. The fourth-order valence-corrected chi connectivity index (χ4v) is 2.34. The molecule has 1 atom stereocenters.